The van der Waals surface area contributed by atoms with Crippen LogP contribution in [0.4, 0.5) is 13.2 Å². The zero-order valence-corrected chi connectivity index (χ0v) is 12.6. The first-order valence-electron chi connectivity index (χ1n) is 5.59. The third-order valence-corrected chi connectivity index (χ3v) is 4.17. The van der Waals surface area contributed by atoms with Crippen LogP contribution in [0.5, 0.6) is 0 Å². The lowest BCUT2D eigenvalue weighted by Gasteiger charge is -2.18. The van der Waals surface area contributed by atoms with Crippen molar-refractivity contribution in [1.29, 1.82) is 0 Å². The van der Waals surface area contributed by atoms with Gasteiger partial charge in [0.25, 0.3) is 0 Å². The Labute approximate surface area is 128 Å². The lowest BCUT2D eigenvalue weighted by Crippen LogP contribution is -2.46. The van der Waals surface area contributed by atoms with E-state index in [0.717, 1.165) is 13.0 Å². The standard InChI is InChI=1S/C11H11ClF3NO5S/c1-10(19,9(17)18)5-16-22(20,21)8-3-6(11(13,14)15)2-7(12)4-8/h2-4,16,19H,5H2,1H3,(H,17,18). The van der Waals surface area contributed by atoms with Gasteiger partial charge in [-0.2, -0.15) is 13.2 Å². The van der Waals surface area contributed by atoms with Crippen molar-refractivity contribution >= 4 is 27.6 Å². The van der Waals surface area contributed by atoms with Crippen LogP contribution in [0.15, 0.2) is 23.1 Å². The number of carbonyl (C=O) groups is 1. The van der Waals surface area contributed by atoms with Gasteiger partial charge in [-0.25, -0.2) is 17.9 Å². The van der Waals surface area contributed by atoms with Crippen LogP contribution in [-0.4, -0.2) is 36.7 Å². The molecule has 22 heavy (non-hydrogen) atoms. The molecule has 124 valence electrons. The van der Waals surface area contributed by atoms with Crippen LogP contribution < -0.4 is 4.72 Å². The van der Waals surface area contributed by atoms with Crippen LogP contribution >= 0.6 is 11.6 Å². The first-order valence-corrected chi connectivity index (χ1v) is 7.45. The molecule has 6 nitrogen and oxygen atoms in total. The average molecular weight is 362 g/mol. The number of carboxylic acids is 1. The summed E-state index contributed by atoms with van der Waals surface area (Å²) in [5.74, 6) is -1.70. The zero-order chi connectivity index (χ0) is 17.3. The molecule has 0 bridgehead atoms. The van der Waals surface area contributed by atoms with Crippen LogP contribution in [-0.2, 0) is 21.0 Å². The molecular weight excluding hydrogens is 351 g/mol. The predicted octanol–water partition coefficient (Wildman–Crippen LogP) is 1.47. The molecule has 1 atom stereocenters. The Morgan fingerprint density at radius 3 is 2.32 bits per heavy atom. The Hall–Kier alpha value is -1.36. The zero-order valence-electron chi connectivity index (χ0n) is 11.0. The van der Waals surface area contributed by atoms with Crippen LogP contribution in [0.2, 0.25) is 5.02 Å². The van der Waals surface area contributed by atoms with Crippen molar-refractivity contribution in [3.63, 3.8) is 0 Å². The highest BCUT2D eigenvalue weighted by molar-refractivity contribution is 7.89. The van der Waals surface area contributed by atoms with E-state index >= 15 is 0 Å². The van der Waals surface area contributed by atoms with E-state index in [-0.39, 0.29) is 0 Å². The molecule has 3 N–H and O–H groups in total. The van der Waals surface area contributed by atoms with Gasteiger partial charge in [-0.1, -0.05) is 11.6 Å². The van der Waals surface area contributed by atoms with Crippen molar-refractivity contribution in [3.8, 4) is 0 Å². The Morgan fingerprint density at radius 1 is 1.32 bits per heavy atom. The molecule has 0 heterocycles. The van der Waals surface area contributed by atoms with Gasteiger partial charge in [-0.05, 0) is 25.1 Å². The van der Waals surface area contributed by atoms with Gasteiger partial charge in [0.1, 0.15) is 0 Å². The molecule has 0 saturated carbocycles. The van der Waals surface area contributed by atoms with Gasteiger partial charge < -0.3 is 10.2 Å². The fourth-order valence-electron chi connectivity index (χ4n) is 1.28. The summed E-state index contributed by atoms with van der Waals surface area (Å²) in [6.07, 6.45) is -4.80. The lowest BCUT2D eigenvalue weighted by molar-refractivity contribution is -0.155. The Morgan fingerprint density at radius 2 is 1.86 bits per heavy atom. The highest BCUT2D eigenvalue weighted by Crippen LogP contribution is 2.32. The van der Waals surface area contributed by atoms with E-state index in [9.17, 15) is 31.5 Å². The highest BCUT2D eigenvalue weighted by Gasteiger charge is 2.34. The van der Waals surface area contributed by atoms with Crippen molar-refractivity contribution < 1.29 is 36.6 Å². The summed E-state index contributed by atoms with van der Waals surface area (Å²) in [6, 6.07) is 1.67. The smallest absolute Gasteiger partial charge is 0.416 e. The molecule has 1 aromatic rings. The minimum atomic E-state index is -4.80. The van der Waals surface area contributed by atoms with Gasteiger partial charge in [0.05, 0.1) is 17.0 Å². The minimum Gasteiger partial charge on any atom is -0.479 e. The second-order valence-corrected chi connectivity index (χ2v) is 6.78. The van der Waals surface area contributed by atoms with E-state index < -0.39 is 49.8 Å². The maximum absolute atomic E-state index is 12.6. The maximum atomic E-state index is 12.6. The van der Waals surface area contributed by atoms with E-state index in [2.05, 4.69) is 0 Å². The third-order valence-electron chi connectivity index (χ3n) is 2.58. The van der Waals surface area contributed by atoms with Crippen LogP contribution in [0, 0.1) is 0 Å². The Kier molecular flexibility index (Phi) is 5.12. The van der Waals surface area contributed by atoms with Crippen molar-refractivity contribution in [2.45, 2.75) is 23.6 Å². The fraction of sp³-hybridized carbons (Fsp3) is 0.364. The number of sulfonamides is 1. The Balaban J connectivity index is 3.14. The summed E-state index contributed by atoms with van der Waals surface area (Å²) in [4.78, 5) is 9.86. The number of nitrogens with one attached hydrogen (secondary N) is 1. The molecule has 1 unspecified atom stereocenters. The van der Waals surface area contributed by atoms with E-state index in [1.807, 2.05) is 0 Å². The number of hydrogen-bond donors (Lipinski definition) is 3. The molecule has 0 radical (unpaired) electrons. The molecule has 0 spiro atoms. The van der Waals surface area contributed by atoms with Gasteiger partial charge in [0, 0.05) is 5.02 Å². The molecular formula is C11H11ClF3NO5S. The second-order valence-electron chi connectivity index (χ2n) is 4.58. The van der Waals surface area contributed by atoms with Crippen molar-refractivity contribution in [3.05, 3.63) is 28.8 Å². The monoisotopic (exact) mass is 361 g/mol. The molecule has 0 saturated heterocycles. The number of alkyl halides is 3. The first kappa shape index (κ1) is 18.7. The average Bonchev–Trinajstić information content (AvgIpc) is 2.34. The molecule has 0 fully saturated rings. The van der Waals surface area contributed by atoms with Crippen LogP contribution in [0.25, 0.3) is 0 Å². The van der Waals surface area contributed by atoms with E-state index in [4.69, 9.17) is 16.7 Å². The second kappa shape index (κ2) is 6.03. The third kappa shape index (κ3) is 4.57. The van der Waals surface area contributed by atoms with Crippen molar-refractivity contribution in [2.24, 2.45) is 0 Å². The summed E-state index contributed by atoms with van der Waals surface area (Å²) in [5, 5.41) is 17.6. The van der Waals surface area contributed by atoms with Gasteiger partial charge >= 0.3 is 12.1 Å². The minimum absolute atomic E-state index is 0.351. The number of halogens is 4. The highest BCUT2D eigenvalue weighted by atomic mass is 35.5. The van der Waals surface area contributed by atoms with E-state index in [0.29, 0.717) is 12.1 Å². The van der Waals surface area contributed by atoms with Gasteiger partial charge in [0.2, 0.25) is 10.0 Å². The number of benzene rings is 1. The van der Waals surface area contributed by atoms with Crippen LogP contribution in [0.1, 0.15) is 12.5 Å². The molecule has 11 heteroatoms. The summed E-state index contributed by atoms with van der Waals surface area (Å²) in [7, 11) is -4.49. The van der Waals surface area contributed by atoms with Crippen molar-refractivity contribution in [1.82, 2.24) is 4.72 Å². The van der Waals surface area contributed by atoms with E-state index in [1.165, 1.54) is 0 Å². The lowest BCUT2D eigenvalue weighted by atomic mass is 10.1. The molecule has 0 aliphatic carbocycles. The number of rotatable bonds is 5. The number of aliphatic carboxylic acids is 1. The van der Waals surface area contributed by atoms with Crippen LogP contribution in [0.3, 0.4) is 0 Å². The molecule has 0 aromatic heterocycles. The molecule has 1 aromatic carbocycles. The summed E-state index contributed by atoms with van der Waals surface area (Å²) in [5.41, 5.74) is -3.69. The van der Waals surface area contributed by atoms with E-state index in [1.54, 1.807) is 4.72 Å². The molecule has 0 amide bonds. The quantitative estimate of drug-likeness (QED) is 0.737. The van der Waals surface area contributed by atoms with Crippen molar-refractivity contribution in [2.75, 3.05) is 6.54 Å². The number of carboxylic acid groups (broad SMARTS) is 1. The summed E-state index contributed by atoms with van der Waals surface area (Å²) >= 11 is 5.47. The largest absolute Gasteiger partial charge is 0.479 e. The summed E-state index contributed by atoms with van der Waals surface area (Å²) in [6.45, 7) is -0.102. The predicted molar refractivity (Wildman–Crippen MR) is 69.9 cm³/mol. The number of hydrogen-bond acceptors (Lipinski definition) is 4. The fourth-order valence-corrected chi connectivity index (χ4v) is 2.78. The number of aliphatic hydroxyl groups is 1. The SMILES string of the molecule is CC(O)(CNS(=O)(=O)c1cc(Cl)cc(C(F)(F)F)c1)C(=O)O. The van der Waals surface area contributed by atoms with Gasteiger partial charge in [-0.15, -0.1) is 0 Å². The first-order chi connectivity index (χ1) is 9.75. The van der Waals surface area contributed by atoms with Gasteiger partial charge in [0.15, 0.2) is 5.60 Å². The summed E-state index contributed by atoms with van der Waals surface area (Å²) < 4.78 is 63.4. The van der Waals surface area contributed by atoms with Gasteiger partial charge in [-0.3, -0.25) is 0 Å². The maximum Gasteiger partial charge on any atom is 0.416 e. The molecule has 0 aliphatic heterocycles. The normalized spacial score (nSPS) is 15.4. The topological polar surface area (TPSA) is 104 Å². The molecule has 1 rings (SSSR count). The molecule has 0 aliphatic rings. The Bertz CT molecular complexity index is 687.